The number of ether oxygens (including phenoxy) is 3. The van der Waals surface area contributed by atoms with Gasteiger partial charge in [0.25, 0.3) is 0 Å². The zero-order valence-corrected chi connectivity index (χ0v) is 22.9. The predicted octanol–water partition coefficient (Wildman–Crippen LogP) is 7.24. The first-order valence-electron chi connectivity index (χ1n) is 13.4. The minimum Gasteiger partial charge on any atom is -0.494 e. The van der Waals surface area contributed by atoms with Gasteiger partial charge in [-0.25, -0.2) is 4.79 Å². The summed E-state index contributed by atoms with van der Waals surface area (Å²) in [6.07, 6.45) is 6.58. The summed E-state index contributed by atoms with van der Waals surface area (Å²) >= 11 is 0. The summed E-state index contributed by atoms with van der Waals surface area (Å²) in [5, 5.41) is 0. The van der Waals surface area contributed by atoms with Crippen molar-refractivity contribution in [2.45, 2.75) is 52.4 Å². The van der Waals surface area contributed by atoms with Crippen LogP contribution in [-0.2, 0) is 16.0 Å². The molecule has 3 aromatic rings. The van der Waals surface area contributed by atoms with Crippen LogP contribution in [0.3, 0.4) is 0 Å². The van der Waals surface area contributed by atoms with Crippen LogP contribution in [-0.4, -0.2) is 46.3 Å². The number of carbonyl (C=O) groups is 2. The lowest BCUT2D eigenvalue weighted by Gasteiger charge is -2.23. The molecule has 0 fully saturated rings. The van der Waals surface area contributed by atoms with Crippen molar-refractivity contribution in [2.75, 3.05) is 34.4 Å². The molecule has 0 aliphatic heterocycles. The Bertz CT molecular complexity index is 1120. The number of hydrogen-bond acceptors (Lipinski definition) is 5. The topological polar surface area (TPSA) is 61.8 Å². The summed E-state index contributed by atoms with van der Waals surface area (Å²) in [6.45, 7) is 1.13. The molecule has 0 N–H and O–H groups in total. The van der Waals surface area contributed by atoms with Gasteiger partial charge in [0, 0.05) is 0 Å². The van der Waals surface area contributed by atoms with E-state index in [4.69, 9.17) is 14.2 Å². The molecular weight excluding hydrogens is 490 g/mol. The molecule has 39 heavy (non-hydrogen) atoms. The first-order valence-corrected chi connectivity index (χ1v) is 13.4. The Hall–Kier alpha value is -3.64. The minimum absolute atomic E-state index is 0. The second kappa shape index (κ2) is 16.4. The van der Waals surface area contributed by atoms with Gasteiger partial charge in [0.2, 0.25) is 0 Å². The van der Waals surface area contributed by atoms with Gasteiger partial charge in [-0.3, -0.25) is 9.28 Å². The number of carbonyl (C=O) groups excluding carboxylic acids is 2. The molecule has 0 saturated carbocycles. The van der Waals surface area contributed by atoms with E-state index in [-0.39, 0.29) is 19.4 Å². The molecule has 0 heterocycles. The van der Waals surface area contributed by atoms with Gasteiger partial charge in [-0.15, -0.1) is 0 Å². The highest BCUT2D eigenvalue weighted by atomic mass is 16.5. The van der Waals surface area contributed by atoms with Crippen LogP contribution in [0.5, 0.6) is 11.5 Å². The van der Waals surface area contributed by atoms with Gasteiger partial charge in [-0.1, -0.05) is 63.4 Å². The molecule has 0 aliphatic carbocycles. The Labute approximate surface area is 234 Å². The lowest BCUT2D eigenvalue weighted by molar-refractivity contribution is -0.142. The van der Waals surface area contributed by atoms with E-state index in [0.29, 0.717) is 30.9 Å². The summed E-state index contributed by atoms with van der Waals surface area (Å²) in [5.41, 5.74) is 2.70. The van der Waals surface area contributed by atoms with E-state index < -0.39 is 0 Å². The van der Waals surface area contributed by atoms with E-state index in [9.17, 15) is 9.59 Å². The number of hydrogen-bond donors (Lipinski definition) is 0. The van der Waals surface area contributed by atoms with Crippen LogP contribution in [0.15, 0.2) is 78.9 Å². The molecule has 0 radical (unpaired) electrons. The van der Waals surface area contributed by atoms with E-state index in [2.05, 4.69) is 33.3 Å². The van der Waals surface area contributed by atoms with Crippen molar-refractivity contribution in [2.24, 2.45) is 0 Å². The monoisotopic (exact) mass is 534 g/mol. The van der Waals surface area contributed by atoms with Crippen LogP contribution in [0.25, 0.3) is 0 Å². The Morgan fingerprint density at radius 3 is 1.85 bits per heavy atom. The fourth-order valence-corrected chi connectivity index (χ4v) is 3.91. The molecular formula is C33H44NO5+. The molecule has 0 bridgehead atoms. The fraction of sp³-hybridized carbons (Fsp3) is 0.394. The summed E-state index contributed by atoms with van der Waals surface area (Å²) in [6, 6.07) is 24.2. The van der Waals surface area contributed by atoms with E-state index >= 15 is 0 Å². The molecule has 210 valence electrons. The third-order valence-corrected chi connectivity index (χ3v) is 6.17. The normalized spacial score (nSPS) is 10.8. The number of esters is 2. The van der Waals surface area contributed by atoms with Gasteiger partial charge in [0.1, 0.15) is 17.2 Å². The van der Waals surface area contributed by atoms with Crippen LogP contribution in [0.4, 0.5) is 5.69 Å². The molecule has 3 aromatic carbocycles. The lowest BCUT2D eigenvalue weighted by atomic mass is 10.1. The van der Waals surface area contributed by atoms with Crippen LogP contribution < -0.4 is 14.0 Å². The van der Waals surface area contributed by atoms with Crippen molar-refractivity contribution >= 4 is 17.6 Å². The number of rotatable bonds is 15. The number of benzene rings is 3. The van der Waals surface area contributed by atoms with Crippen molar-refractivity contribution in [3.63, 3.8) is 0 Å². The maximum atomic E-state index is 12.1. The smallest absolute Gasteiger partial charge is 0.343 e. The summed E-state index contributed by atoms with van der Waals surface area (Å²) in [5.74, 6) is 0.711. The zero-order valence-electron chi connectivity index (χ0n) is 22.9. The first-order chi connectivity index (χ1) is 18.3. The lowest BCUT2D eigenvalue weighted by Crippen LogP contribution is -2.34. The second-order valence-electron chi connectivity index (χ2n) is 10.3. The van der Waals surface area contributed by atoms with Crippen LogP contribution >= 0.6 is 0 Å². The van der Waals surface area contributed by atoms with Crippen LogP contribution in [0.1, 0.15) is 61.9 Å². The van der Waals surface area contributed by atoms with Crippen molar-refractivity contribution in [1.82, 2.24) is 4.48 Å². The van der Waals surface area contributed by atoms with Crippen molar-refractivity contribution in [3.8, 4) is 11.5 Å². The van der Waals surface area contributed by atoms with Crippen LogP contribution in [0, 0.1) is 0 Å². The molecule has 6 heteroatoms. The largest absolute Gasteiger partial charge is 0.494 e. The molecule has 6 nitrogen and oxygen atoms in total. The van der Waals surface area contributed by atoms with Gasteiger partial charge in [0.05, 0.1) is 46.3 Å². The molecule has 0 spiro atoms. The third kappa shape index (κ3) is 11.7. The minimum atomic E-state index is -0.376. The maximum absolute atomic E-state index is 12.1. The number of unbranched alkanes of at least 4 members (excludes halogenated alkanes) is 5. The average Bonchev–Trinajstić information content (AvgIpc) is 2.91. The molecule has 0 aromatic heterocycles. The van der Waals surface area contributed by atoms with Gasteiger partial charge >= 0.3 is 11.9 Å². The van der Waals surface area contributed by atoms with E-state index in [1.54, 1.807) is 36.4 Å². The Morgan fingerprint density at radius 1 is 0.667 bits per heavy atom. The Morgan fingerprint density at radius 2 is 1.23 bits per heavy atom. The summed E-state index contributed by atoms with van der Waals surface area (Å²) < 4.78 is 17.3. The summed E-state index contributed by atoms with van der Waals surface area (Å²) in [7, 11) is 6.35. The molecule has 0 aliphatic rings. The van der Waals surface area contributed by atoms with Gasteiger partial charge in [0.15, 0.2) is 0 Å². The van der Waals surface area contributed by atoms with Crippen molar-refractivity contribution in [1.29, 1.82) is 0 Å². The van der Waals surface area contributed by atoms with Gasteiger partial charge < -0.3 is 14.2 Å². The number of quaternary nitrogens is 1. The fourth-order valence-electron chi connectivity index (χ4n) is 3.91. The highest BCUT2D eigenvalue weighted by Gasteiger charge is 2.12. The highest BCUT2D eigenvalue weighted by molar-refractivity contribution is 5.90. The quantitative estimate of drug-likeness (QED) is 0.0890. The molecule has 0 amide bonds. The molecule has 0 unspecified atom stereocenters. The number of nitrogens with zero attached hydrogens (tertiary/aromatic N) is 1. The van der Waals surface area contributed by atoms with E-state index in [1.165, 1.54) is 5.69 Å². The van der Waals surface area contributed by atoms with Gasteiger partial charge in [-0.05, 0) is 66.9 Å². The highest BCUT2D eigenvalue weighted by Crippen LogP contribution is 2.20. The van der Waals surface area contributed by atoms with Crippen LogP contribution in [0.2, 0.25) is 0 Å². The van der Waals surface area contributed by atoms with Crippen molar-refractivity contribution < 1.29 is 23.8 Å². The van der Waals surface area contributed by atoms with E-state index in [0.717, 1.165) is 54.3 Å². The Kier molecular flexibility index (Phi) is 13.2. The average molecular weight is 535 g/mol. The zero-order chi connectivity index (χ0) is 27.2. The molecule has 0 saturated heterocycles. The van der Waals surface area contributed by atoms with Crippen molar-refractivity contribution in [3.05, 3.63) is 90.0 Å². The van der Waals surface area contributed by atoms with E-state index in [1.807, 2.05) is 30.3 Å². The maximum Gasteiger partial charge on any atom is 0.343 e. The standard InChI is InChI=1S/C32H40NO5.CH4/c1-33(2,3)28-17-15-26(16-18-28)25-31(34)37-24-12-7-5-4-6-11-23-36-29-19-21-30(22-20-29)38-32(35)27-13-9-8-10-14-27;/h8-10,13-22H,4-7,11-12,23-25H2,1-3H3;1H4/q+1;. The summed E-state index contributed by atoms with van der Waals surface area (Å²) in [4.78, 5) is 24.2. The predicted molar refractivity (Wildman–Crippen MR) is 158 cm³/mol. The molecule has 3 rings (SSSR count). The van der Waals surface area contributed by atoms with Gasteiger partial charge in [-0.2, -0.15) is 0 Å². The third-order valence-electron chi connectivity index (χ3n) is 6.17. The molecule has 0 atom stereocenters. The Balaban J connectivity index is 0.00000533. The second-order valence-corrected chi connectivity index (χ2v) is 10.3. The first kappa shape index (κ1) is 31.6. The SMILES string of the molecule is C.C[N+](C)(C)c1ccc(CC(=O)OCCCCCCCCOc2ccc(OC(=O)c3ccccc3)cc2)cc1.